The van der Waals surface area contributed by atoms with E-state index in [0.717, 1.165) is 44.3 Å². The number of halogens is 1. The minimum Gasteiger partial charge on any atom is -0.355 e. The van der Waals surface area contributed by atoms with E-state index >= 15 is 0 Å². The van der Waals surface area contributed by atoms with Crippen LogP contribution in [0.4, 0.5) is 0 Å². The first-order valence-electron chi connectivity index (χ1n) is 8.31. The fourth-order valence-electron chi connectivity index (χ4n) is 2.11. The Bertz CT molecular complexity index is 444. The van der Waals surface area contributed by atoms with E-state index in [1.165, 1.54) is 19.3 Å². The maximum atomic E-state index is 4.60. The van der Waals surface area contributed by atoms with Crippen molar-refractivity contribution in [3.8, 4) is 0 Å². The summed E-state index contributed by atoms with van der Waals surface area (Å²) in [6, 6.07) is 0. The Balaban J connectivity index is 0.00000484. The molecule has 1 aromatic heterocycles. The molecule has 132 valence electrons. The average Bonchev–Trinajstić information content (AvgIpc) is 2.99. The van der Waals surface area contributed by atoms with Gasteiger partial charge in [-0.15, -0.1) is 40.8 Å². The highest BCUT2D eigenvalue weighted by Gasteiger charge is 2.02. The van der Waals surface area contributed by atoms with Crippen LogP contribution in [0.3, 0.4) is 0 Å². The Morgan fingerprint density at radius 1 is 1.30 bits per heavy atom. The number of nitrogens with zero attached hydrogens (tertiary/aromatic N) is 4. The first-order valence-corrected chi connectivity index (χ1v) is 8.31. The lowest BCUT2D eigenvalue weighted by molar-refractivity contribution is 0.630. The van der Waals surface area contributed by atoms with Gasteiger partial charge in [-0.1, -0.05) is 39.2 Å². The first-order chi connectivity index (χ1) is 10.8. The van der Waals surface area contributed by atoms with Gasteiger partial charge in [0.15, 0.2) is 5.96 Å². The van der Waals surface area contributed by atoms with Crippen molar-refractivity contribution in [2.75, 3.05) is 19.6 Å². The molecule has 23 heavy (non-hydrogen) atoms. The van der Waals surface area contributed by atoms with Crippen LogP contribution < -0.4 is 10.6 Å². The van der Waals surface area contributed by atoms with Gasteiger partial charge in [0, 0.05) is 32.6 Å². The molecule has 0 aliphatic heterocycles. The molecule has 7 heteroatoms. The largest absolute Gasteiger partial charge is 0.355 e. The summed E-state index contributed by atoms with van der Waals surface area (Å²) in [4.78, 5) is 4.60. The Kier molecular flexibility index (Phi) is 13.8. The van der Waals surface area contributed by atoms with Crippen molar-refractivity contribution in [1.82, 2.24) is 25.4 Å². The standard InChI is InChI=1S/C16H30N6.HI/c1-4-7-8-9-11-18-16(17-10-5-2)19-12-13-22-14-20-21-15(22)6-3;/h5,14H,2,4,6-13H2,1,3H3,(H2,17,18,19);1H. The van der Waals surface area contributed by atoms with Crippen LogP contribution in [0, 0.1) is 0 Å². The van der Waals surface area contributed by atoms with Crippen LogP contribution in [-0.4, -0.2) is 40.4 Å². The molecule has 0 aliphatic rings. The van der Waals surface area contributed by atoms with Crippen molar-refractivity contribution < 1.29 is 0 Å². The lowest BCUT2D eigenvalue weighted by Crippen LogP contribution is -2.39. The molecule has 2 N–H and O–H groups in total. The molecule has 0 amide bonds. The second-order valence-electron chi connectivity index (χ2n) is 5.18. The van der Waals surface area contributed by atoms with Gasteiger partial charge in [-0.25, -0.2) is 0 Å². The van der Waals surface area contributed by atoms with E-state index in [0.29, 0.717) is 6.54 Å². The molecule has 0 fully saturated rings. The zero-order valence-corrected chi connectivity index (χ0v) is 16.8. The third-order valence-corrected chi connectivity index (χ3v) is 3.35. The Morgan fingerprint density at radius 3 is 2.83 bits per heavy atom. The highest BCUT2D eigenvalue weighted by atomic mass is 127. The summed E-state index contributed by atoms with van der Waals surface area (Å²) in [5, 5.41) is 14.6. The summed E-state index contributed by atoms with van der Waals surface area (Å²) >= 11 is 0. The maximum Gasteiger partial charge on any atom is 0.191 e. The van der Waals surface area contributed by atoms with E-state index < -0.39 is 0 Å². The molecular weight excluding hydrogens is 403 g/mol. The van der Waals surface area contributed by atoms with E-state index in [4.69, 9.17) is 0 Å². The van der Waals surface area contributed by atoms with Crippen molar-refractivity contribution in [3.05, 3.63) is 24.8 Å². The Labute approximate surface area is 157 Å². The normalized spacial score (nSPS) is 11.0. The van der Waals surface area contributed by atoms with Crippen LogP contribution in [0.1, 0.15) is 45.4 Å². The minimum absolute atomic E-state index is 0. The molecule has 1 heterocycles. The summed E-state index contributed by atoms with van der Waals surface area (Å²) in [7, 11) is 0. The molecule has 0 aliphatic carbocycles. The second kappa shape index (κ2) is 14.5. The molecule has 0 spiro atoms. The Morgan fingerprint density at radius 2 is 2.13 bits per heavy atom. The van der Waals surface area contributed by atoms with Gasteiger partial charge in [0.1, 0.15) is 12.2 Å². The van der Waals surface area contributed by atoms with Crippen LogP contribution in [-0.2, 0) is 13.0 Å². The predicted octanol–water partition coefficient (Wildman–Crippen LogP) is 2.76. The maximum absolute atomic E-state index is 4.60. The van der Waals surface area contributed by atoms with E-state index in [1.54, 1.807) is 6.33 Å². The van der Waals surface area contributed by atoms with Gasteiger partial charge >= 0.3 is 0 Å². The van der Waals surface area contributed by atoms with E-state index in [1.807, 2.05) is 6.08 Å². The highest BCUT2D eigenvalue weighted by Crippen LogP contribution is 1.98. The monoisotopic (exact) mass is 434 g/mol. The molecule has 0 saturated heterocycles. The summed E-state index contributed by atoms with van der Waals surface area (Å²) in [5.74, 6) is 1.86. The smallest absolute Gasteiger partial charge is 0.191 e. The van der Waals surface area contributed by atoms with Gasteiger partial charge in [-0.2, -0.15) is 0 Å². The van der Waals surface area contributed by atoms with Gasteiger partial charge in [0.25, 0.3) is 0 Å². The minimum atomic E-state index is 0. The van der Waals surface area contributed by atoms with Crippen molar-refractivity contribution in [2.45, 2.75) is 52.5 Å². The molecular formula is C16H31IN6. The van der Waals surface area contributed by atoms with Crippen molar-refractivity contribution in [2.24, 2.45) is 4.99 Å². The van der Waals surface area contributed by atoms with Crippen LogP contribution in [0.25, 0.3) is 0 Å². The Hall–Kier alpha value is -1.12. The molecule has 6 nitrogen and oxygen atoms in total. The predicted molar refractivity (Wildman–Crippen MR) is 107 cm³/mol. The van der Waals surface area contributed by atoms with Crippen molar-refractivity contribution in [3.63, 3.8) is 0 Å². The van der Waals surface area contributed by atoms with E-state index in [9.17, 15) is 0 Å². The van der Waals surface area contributed by atoms with Crippen LogP contribution in [0.15, 0.2) is 24.0 Å². The fourth-order valence-corrected chi connectivity index (χ4v) is 2.11. The van der Waals surface area contributed by atoms with Gasteiger partial charge in [-0.05, 0) is 6.42 Å². The molecule has 0 atom stereocenters. The number of guanidine groups is 1. The van der Waals surface area contributed by atoms with Crippen LogP contribution in [0.2, 0.25) is 0 Å². The number of nitrogens with one attached hydrogen (secondary N) is 2. The summed E-state index contributed by atoms with van der Waals surface area (Å²) < 4.78 is 2.07. The molecule has 1 aromatic rings. The van der Waals surface area contributed by atoms with Crippen LogP contribution >= 0.6 is 24.0 Å². The highest BCUT2D eigenvalue weighted by molar-refractivity contribution is 14.0. The first kappa shape index (κ1) is 21.9. The molecule has 0 aromatic carbocycles. The lowest BCUT2D eigenvalue weighted by Gasteiger charge is -2.12. The zero-order valence-electron chi connectivity index (χ0n) is 14.4. The van der Waals surface area contributed by atoms with Crippen molar-refractivity contribution in [1.29, 1.82) is 0 Å². The molecule has 1 rings (SSSR count). The number of hydrogen-bond donors (Lipinski definition) is 2. The fraction of sp³-hybridized carbons (Fsp3) is 0.688. The van der Waals surface area contributed by atoms with Gasteiger partial charge < -0.3 is 15.2 Å². The average molecular weight is 434 g/mol. The van der Waals surface area contributed by atoms with Crippen molar-refractivity contribution >= 4 is 29.9 Å². The number of aryl methyl sites for hydroxylation is 1. The van der Waals surface area contributed by atoms with E-state index in [-0.39, 0.29) is 24.0 Å². The molecule has 0 unspecified atom stereocenters. The lowest BCUT2D eigenvalue weighted by atomic mass is 10.2. The zero-order chi connectivity index (χ0) is 16.0. The number of rotatable bonds is 11. The number of aliphatic imine (C=N–C) groups is 1. The summed E-state index contributed by atoms with van der Waals surface area (Å²) in [5.41, 5.74) is 0. The van der Waals surface area contributed by atoms with Gasteiger partial charge in [-0.3, -0.25) is 4.99 Å². The molecule has 0 bridgehead atoms. The quantitative estimate of drug-likeness (QED) is 0.185. The SMILES string of the molecule is C=CCNC(=NCCCCCC)NCCn1cnnc1CC.I. The molecule has 0 saturated carbocycles. The molecule has 0 radical (unpaired) electrons. The topological polar surface area (TPSA) is 67.1 Å². The summed E-state index contributed by atoms with van der Waals surface area (Å²) in [6.07, 6.45) is 9.43. The van der Waals surface area contributed by atoms with Gasteiger partial charge in [0.2, 0.25) is 0 Å². The number of hydrogen-bond acceptors (Lipinski definition) is 3. The summed E-state index contributed by atoms with van der Waals surface area (Å²) in [6.45, 7) is 11.2. The van der Waals surface area contributed by atoms with Gasteiger partial charge in [0.05, 0.1) is 0 Å². The number of aromatic nitrogens is 3. The third kappa shape index (κ3) is 9.58. The van der Waals surface area contributed by atoms with E-state index in [2.05, 4.69) is 50.8 Å². The van der Waals surface area contributed by atoms with Crippen LogP contribution in [0.5, 0.6) is 0 Å². The second-order valence-corrected chi connectivity index (χ2v) is 5.18. The number of unbranched alkanes of at least 4 members (excludes halogenated alkanes) is 3. The third-order valence-electron chi connectivity index (χ3n) is 3.35.